The van der Waals surface area contributed by atoms with E-state index in [1.165, 1.54) is 11.8 Å². The summed E-state index contributed by atoms with van der Waals surface area (Å²) in [4.78, 5) is 40.0. The molecule has 5 rings (SSSR count). The molecule has 7 heteroatoms. The fraction of sp³-hybridized carbons (Fsp3) is 0.0278. The Morgan fingerprint density at radius 3 is 2.02 bits per heavy atom. The highest BCUT2D eigenvalue weighted by Gasteiger charge is 2.16. The highest BCUT2D eigenvalue weighted by Crippen LogP contribution is 2.24. The lowest BCUT2D eigenvalue weighted by Crippen LogP contribution is -2.30. The molecule has 0 aliphatic heterocycles. The molecule has 0 bridgehead atoms. The zero-order chi connectivity index (χ0) is 30.0. The Labute approximate surface area is 263 Å². The Hall–Kier alpha value is -4.72. The molecule has 0 saturated heterocycles. The van der Waals surface area contributed by atoms with Crippen molar-refractivity contribution >= 4 is 57.1 Å². The first-order valence-electron chi connectivity index (χ1n) is 13.5. The van der Waals surface area contributed by atoms with Crippen LogP contribution in [0.3, 0.4) is 0 Å². The predicted octanol–water partition coefficient (Wildman–Crippen LogP) is 8.50. The Kier molecular flexibility index (Phi) is 10.00. The Morgan fingerprint density at radius 1 is 0.674 bits per heavy atom. The van der Waals surface area contributed by atoms with Gasteiger partial charge in [-0.1, -0.05) is 107 Å². The summed E-state index contributed by atoms with van der Waals surface area (Å²) >= 11 is 4.77. The minimum absolute atomic E-state index is 0.0130. The predicted molar refractivity (Wildman–Crippen MR) is 178 cm³/mol. The van der Waals surface area contributed by atoms with Crippen molar-refractivity contribution in [3.63, 3.8) is 0 Å². The largest absolute Gasteiger partial charge is 0.321 e. The second-order valence-corrected chi connectivity index (χ2v) is 11.5. The summed E-state index contributed by atoms with van der Waals surface area (Å²) in [6, 6.07) is 41.1. The number of benzene rings is 5. The maximum Gasteiger partial charge on any atom is 0.272 e. The summed E-state index contributed by atoms with van der Waals surface area (Å²) in [6.07, 6.45) is 1.65. The molecule has 5 aromatic rings. The number of halogens is 1. The average molecular weight is 648 g/mol. The number of thioether (sulfide) groups is 1. The van der Waals surface area contributed by atoms with Crippen LogP contribution in [0.5, 0.6) is 0 Å². The number of anilines is 1. The van der Waals surface area contributed by atoms with Gasteiger partial charge in [-0.15, -0.1) is 11.8 Å². The van der Waals surface area contributed by atoms with E-state index < -0.39 is 11.8 Å². The minimum Gasteiger partial charge on any atom is -0.321 e. The monoisotopic (exact) mass is 646 g/mol. The first-order chi connectivity index (χ1) is 20.9. The molecule has 43 heavy (non-hydrogen) atoms. The quantitative estimate of drug-likeness (QED) is 0.0906. The second-order valence-electron chi connectivity index (χ2n) is 9.57. The molecule has 0 fully saturated rings. The number of carbonyl (C=O) groups excluding carboxylic acids is 3. The number of hydrogen-bond donors (Lipinski definition) is 2. The van der Waals surface area contributed by atoms with Crippen molar-refractivity contribution in [2.24, 2.45) is 0 Å². The Balaban J connectivity index is 1.32. The molecule has 0 heterocycles. The highest BCUT2D eigenvalue weighted by atomic mass is 79.9. The summed E-state index contributed by atoms with van der Waals surface area (Å²) in [5, 5.41) is 5.68. The number of amides is 2. The summed E-state index contributed by atoms with van der Waals surface area (Å²) in [5.74, 6) is -0.585. The van der Waals surface area contributed by atoms with E-state index in [9.17, 15) is 14.4 Å². The van der Waals surface area contributed by atoms with Crippen molar-refractivity contribution in [3.8, 4) is 11.1 Å². The second kappa shape index (κ2) is 14.4. The molecule has 0 aliphatic rings. The molecule has 0 aliphatic carbocycles. The van der Waals surface area contributed by atoms with Crippen LogP contribution >= 0.6 is 27.7 Å². The van der Waals surface area contributed by atoms with Crippen molar-refractivity contribution in [3.05, 3.63) is 160 Å². The van der Waals surface area contributed by atoms with Crippen LogP contribution in [0.4, 0.5) is 5.69 Å². The molecular weight excluding hydrogens is 620 g/mol. The minimum atomic E-state index is -0.468. The van der Waals surface area contributed by atoms with Gasteiger partial charge in [-0.3, -0.25) is 14.4 Å². The number of ketones is 1. The molecule has 212 valence electrons. The number of hydrogen-bond acceptors (Lipinski definition) is 4. The maximum absolute atomic E-state index is 13.5. The van der Waals surface area contributed by atoms with Gasteiger partial charge in [0.25, 0.3) is 11.8 Å². The van der Waals surface area contributed by atoms with Crippen LogP contribution < -0.4 is 10.6 Å². The van der Waals surface area contributed by atoms with Crippen LogP contribution in [0.2, 0.25) is 0 Å². The van der Waals surface area contributed by atoms with Crippen LogP contribution in [0.15, 0.2) is 149 Å². The van der Waals surface area contributed by atoms with Gasteiger partial charge in [0.2, 0.25) is 0 Å². The average Bonchev–Trinajstić information content (AvgIpc) is 3.05. The lowest BCUT2D eigenvalue weighted by atomic mass is 10.0. The SMILES string of the molecule is O=C(Nc1cccc(SCC(=O)c2ccc(Br)cc2)c1)/C(=C/c1ccc(-c2ccccc2)cc1)NC(=O)c1ccccc1. The molecule has 0 aromatic heterocycles. The van der Waals surface area contributed by atoms with Gasteiger partial charge in [-0.2, -0.15) is 0 Å². The highest BCUT2D eigenvalue weighted by molar-refractivity contribution is 9.10. The van der Waals surface area contributed by atoms with E-state index in [2.05, 4.69) is 26.6 Å². The number of nitrogens with one attached hydrogen (secondary N) is 2. The van der Waals surface area contributed by atoms with Gasteiger partial charge in [-0.25, -0.2) is 0 Å². The maximum atomic E-state index is 13.5. The molecule has 2 amide bonds. The zero-order valence-corrected chi connectivity index (χ0v) is 25.4. The topological polar surface area (TPSA) is 75.3 Å². The van der Waals surface area contributed by atoms with Gasteiger partial charge in [0.1, 0.15) is 5.70 Å². The van der Waals surface area contributed by atoms with Gasteiger partial charge in [0.05, 0.1) is 5.75 Å². The molecule has 2 N–H and O–H groups in total. The normalized spacial score (nSPS) is 11.0. The molecule has 0 unspecified atom stereocenters. The smallest absolute Gasteiger partial charge is 0.272 e. The number of Topliss-reactive ketones (excluding diaryl/α,β-unsaturated/α-hetero) is 1. The first-order valence-corrected chi connectivity index (χ1v) is 15.3. The van der Waals surface area contributed by atoms with Gasteiger partial charge in [0.15, 0.2) is 5.78 Å². The molecule has 5 nitrogen and oxygen atoms in total. The molecule has 0 radical (unpaired) electrons. The van der Waals surface area contributed by atoms with E-state index in [4.69, 9.17) is 0 Å². The summed E-state index contributed by atoms with van der Waals surface area (Å²) in [7, 11) is 0. The van der Waals surface area contributed by atoms with Crippen LogP contribution in [-0.4, -0.2) is 23.4 Å². The van der Waals surface area contributed by atoms with Crippen LogP contribution in [0, 0.1) is 0 Å². The molecule has 5 aromatic carbocycles. The van der Waals surface area contributed by atoms with Crippen LogP contribution in [0.25, 0.3) is 17.2 Å². The third-order valence-electron chi connectivity index (χ3n) is 6.49. The van der Waals surface area contributed by atoms with Crippen molar-refractivity contribution in [1.82, 2.24) is 5.32 Å². The fourth-order valence-corrected chi connectivity index (χ4v) is 5.36. The van der Waals surface area contributed by atoms with Gasteiger partial charge in [0, 0.05) is 26.2 Å². The van der Waals surface area contributed by atoms with Crippen LogP contribution in [0.1, 0.15) is 26.3 Å². The lowest BCUT2D eigenvalue weighted by molar-refractivity contribution is -0.113. The van der Waals surface area contributed by atoms with E-state index in [0.717, 1.165) is 26.1 Å². The first kappa shape index (κ1) is 29.8. The standard InChI is InChI=1S/C36H27BrN2O3S/c37-30-20-18-28(19-21-30)34(40)24-43-32-13-7-12-31(23-32)38-36(42)33(39-35(41)29-10-5-2-6-11-29)22-25-14-16-27(17-15-25)26-8-3-1-4-9-26/h1-23H,24H2,(H,38,42)(H,39,41)/b33-22-. The van der Waals surface area contributed by atoms with Crippen molar-refractivity contribution < 1.29 is 14.4 Å². The fourth-order valence-electron chi connectivity index (χ4n) is 4.24. The summed E-state index contributed by atoms with van der Waals surface area (Å²) in [6.45, 7) is 0. The van der Waals surface area contributed by atoms with Gasteiger partial charge >= 0.3 is 0 Å². The molecule has 0 saturated carbocycles. The molecule has 0 atom stereocenters. The number of rotatable bonds is 10. The van der Waals surface area contributed by atoms with E-state index in [0.29, 0.717) is 16.8 Å². The van der Waals surface area contributed by atoms with E-state index in [1.54, 1.807) is 48.5 Å². The van der Waals surface area contributed by atoms with Crippen molar-refractivity contribution in [1.29, 1.82) is 0 Å². The van der Waals surface area contributed by atoms with E-state index >= 15 is 0 Å². The van der Waals surface area contributed by atoms with Crippen molar-refractivity contribution in [2.45, 2.75) is 4.90 Å². The third kappa shape index (κ3) is 8.41. The van der Waals surface area contributed by atoms with Crippen LogP contribution in [-0.2, 0) is 4.79 Å². The zero-order valence-electron chi connectivity index (χ0n) is 23.0. The van der Waals surface area contributed by atoms with E-state index in [-0.39, 0.29) is 17.2 Å². The lowest BCUT2D eigenvalue weighted by Gasteiger charge is -2.12. The third-order valence-corrected chi connectivity index (χ3v) is 8.01. The van der Waals surface area contributed by atoms with E-state index in [1.807, 2.05) is 91.0 Å². The summed E-state index contributed by atoms with van der Waals surface area (Å²) in [5.41, 5.74) is 4.62. The Morgan fingerprint density at radius 2 is 1.33 bits per heavy atom. The molecular formula is C36H27BrN2O3S. The van der Waals surface area contributed by atoms with Crippen molar-refractivity contribution in [2.75, 3.05) is 11.1 Å². The number of carbonyl (C=O) groups is 3. The Bertz CT molecular complexity index is 1750. The molecule has 0 spiro atoms. The summed E-state index contributed by atoms with van der Waals surface area (Å²) < 4.78 is 0.915. The van der Waals surface area contributed by atoms with Gasteiger partial charge < -0.3 is 10.6 Å². The van der Waals surface area contributed by atoms with Gasteiger partial charge in [-0.05, 0) is 65.2 Å².